The summed E-state index contributed by atoms with van der Waals surface area (Å²) in [5, 5.41) is 17.3. The molecular formula is C12H16O3. The summed E-state index contributed by atoms with van der Waals surface area (Å²) in [6.45, 7) is 3.81. The Labute approximate surface area is 89.9 Å². The SMILES string of the molecule is C/C=C\O/C=C\C.Oc1cccc(O)c1. The number of rotatable bonds is 2. The summed E-state index contributed by atoms with van der Waals surface area (Å²) in [5.74, 6) is 0.176. The van der Waals surface area contributed by atoms with Crippen molar-refractivity contribution in [1.29, 1.82) is 0 Å². The Morgan fingerprint density at radius 1 is 1.00 bits per heavy atom. The van der Waals surface area contributed by atoms with Crippen LogP contribution in [0.4, 0.5) is 0 Å². The van der Waals surface area contributed by atoms with E-state index >= 15 is 0 Å². The molecule has 1 rings (SSSR count). The molecule has 0 unspecified atom stereocenters. The van der Waals surface area contributed by atoms with Gasteiger partial charge in [-0.2, -0.15) is 0 Å². The summed E-state index contributed by atoms with van der Waals surface area (Å²) in [5.41, 5.74) is 0. The minimum atomic E-state index is 0.0880. The van der Waals surface area contributed by atoms with Gasteiger partial charge in [-0.05, 0) is 26.0 Å². The van der Waals surface area contributed by atoms with Crippen LogP contribution in [0.3, 0.4) is 0 Å². The van der Waals surface area contributed by atoms with Gasteiger partial charge in [0.1, 0.15) is 11.5 Å². The minimum Gasteiger partial charge on any atom is -0.508 e. The van der Waals surface area contributed by atoms with E-state index < -0.39 is 0 Å². The van der Waals surface area contributed by atoms with Gasteiger partial charge in [-0.3, -0.25) is 0 Å². The summed E-state index contributed by atoms with van der Waals surface area (Å²) in [4.78, 5) is 0. The van der Waals surface area contributed by atoms with E-state index in [1.54, 1.807) is 18.6 Å². The maximum Gasteiger partial charge on any atom is 0.119 e. The third-order valence-electron chi connectivity index (χ3n) is 1.26. The van der Waals surface area contributed by atoms with Crippen molar-refractivity contribution in [3.8, 4) is 11.5 Å². The highest BCUT2D eigenvalue weighted by Crippen LogP contribution is 2.14. The second-order valence-corrected chi connectivity index (χ2v) is 2.59. The maximum absolute atomic E-state index is 8.65. The number of aromatic hydroxyl groups is 2. The molecule has 1 aromatic rings. The fourth-order valence-electron chi connectivity index (χ4n) is 0.696. The standard InChI is InChI=1S/C6H6O2.C6H10O/c7-5-2-1-3-6(8)4-5;1-3-5-7-6-4-2/h1-4,7-8H;3-6H,1-2H3/b;5-3-,6-4-. The van der Waals surface area contributed by atoms with E-state index in [0.29, 0.717) is 0 Å². The highest BCUT2D eigenvalue weighted by atomic mass is 16.5. The van der Waals surface area contributed by atoms with Crippen LogP contribution in [0.5, 0.6) is 11.5 Å². The van der Waals surface area contributed by atoms with Gasteiger partial charge in [0.25, 0.3) is 0 Å². The fraction of sp³-hybridized carbons (Fsp3) is 0.167. The predicted molar refractivity (Wildman–Crippen MR) is 60.5 cm³/mol. The maximum atomic E-state index is 8.65. The Morgan fingerprint density at radius 3 is 1.73 bits per heavy atom. The molecule has 82 valence electrons. The van der Waals surface area contributed by atoms with E-state index in [2.05, 4.69) is 0 Å². The van der Waals surface area contributed by atoms with Crippen LogP contribution < -0.4 is 0 Å². The molecule has 0 fully saturated rings. The van der Waals surface area contributed by atoms with E-state index in [4.69, 9.17) is 14.9 Å². The van der Waals surface area contributed by atoms with Gasteiger partial charge >= 0.3 is 0 Å². The Kier molecular flexibility index (Phi) is 7.59. The van der Waals surface area contributed by atoms with Gasteiger partial charge in [0.05, 0.1) is 12.5 Å². The van der Waals surface area contributed by atoms with Crippen LogP contribution in [0.2, 0.25) is 0 Å². The van der Waals surface area contributed by atoms with Gasteiger partial charge < -0.3 is 14.9 Å². The minimum absolute atomic E-state index is 0.0880. The quantitative estimate of drug-likeness (QED) is 0.734. The third-order valence-corrected chi connectivity index (χ3v) is 1.26. The smallest absolute Gasteiger partial charge is 0.119 e. The lowest BCUT2D eigenvalue weighted by Crippen LogP contribution is -1.61. The Morgan fingerprint density at radius 2 is 1.47 bits per heavy atom. The molecule has 0 saturated heterocycles. The summed E-state index contributed by atoms with van der Waals surface area (Å²) < 4.78 is 4.77. The largest absolute Gasteiger partial charge is 0.508 e. The summed E-state index contributed by atoms with van der Waals surface area (Å²) >= 11 is 0. The normalized spacial score (nSPS) is 10.0. The van der Waals surface area contributed by atoms with Crippen LogP contribution >= 0.6 is 0 Å². The van der Waals surface area contributed by atoms with Crippen LogP contribution in [-0.2, 0) is 4.74 Å². The second-order valence-electron chi connectivity index (χ2n) is 2.59. The number of phenolic OH excluding ortho intramolecular Hbond substituents is 2. The summed E-state index contributed by atoms with van der Waals surface area (Å²) in [7, 11) is 0. The van der Waals surface area contributed by atoms with Crippen molar-refractivity contribution in [2.75, 3.05) is 0 Å². The molecule has 0 saturated carbocycles. The summed E-state index contributed by atoms with van der Waals surface area (Å²) in [6, 6.07) is 5.85. The molecule has 0 heterocycles. The Hall–Kier alpha value is -1.90. The topological polar surface area (TPSA) is 49.7 Å². The fourth-order valence-corrected chi connectivity index (χ4v) is 0.696. The van der Waals surface area contributed by atoms with E-state index in [-0.39, 0.29) is 11.5 Å². The van der Waals surface area contributed by atoms with Gasteiger partial charge in [0.2, 0.25) is 0 Å². The molecule has 0 aliphatic carbocycles. The zero-order chi connectivity index (χ0) is 11.5. The second kappa shape index (κ2) is 8.69. The molecule has 2 N–H and O–H groups in total. The van der Waals surface area contributed by atoms with E-state index in [1.165, 1.54) is 18.2 Å². The van der Waals surface area contributed by atoms with Crippen molar-refractivity contribution >= 4 is 0 Å². The van der Waals surface area contributed by atoms with E-state index in [1.807, 2.05) is 26.0 Å². The number of allylic oxidation sites excluding steroid dienone is 2. The first-order valence-electron chi connectivity index (χ1n) is 4.56. The van der Waals surface area contributed by atoms with Crippen LogP contribution in [0.25, 0.3) is 0 Å². The Balaban J connectivity index is 0.000000265. The molecule has 0 spiro atoms. The lowest BCUT2D eigenvalue weighted by molar-refractivity contribution is 0.401. The molecule has 0 atom stereocenters. The van der Waals surface area contributed by atoms with Crippen LogP contribution in [-0.4, -0.2) is 10.2 Å². The molecule has 15 heavy (non-hydrogen) atoms. The third kappa shape index (κ3) is 8.43. The van der Waals surface area contributed by atoms with E-state index in [9.17, 15) is 0 Å². The lowest BCUT2D eigenvalue weighted by atomic mass is 10.3. The van der Waals surface area contributed by atoms with E-state index in [0.717, 1.165) is 0 Å². The van der Waals surface area contributed by atoms with Crippen molar-refractivity contribution in [3.05, 3.63) is 48.9 Å². The van der Waals surface area contributed by atoms with Crippen LogP contribution in [0, 0.1) is 0 Å². The predicted octanol–water partition coefficient (Wildman–Crippen LogP) is 3.17. The van der Waals surface area contributed by atoms with Crippen molar-refractivity contribution in [3.63, 3.8) is 0 Å². The zero-order valence-corrected chi connectivity index (χ0v) is 8.92. The molecule has 0 aromatic heterocycles. The van der Waals surface area contributed by atoms with Gasteiger partial charge in [-0.25, -0.2) is 0 Å². The van der Waals surface area contributed by atoms with Crippen molar-refractivity contribution in [2.24, 2.45) is 0 Å². The molecule has 3 nitrogen and oxygen atoms in total. The summed E-state index contributed by atoms with van der Waals surface area (Å²) in [6.07, 6.45) is 6.92. The van der Waals surface area contributed by atoms with Gasteiger partial charge in [0, 0.05) is 6.07 Å². The molecule has 0 aliphatic heterocycles. The zero-order valence-electron chi connectivity index (χ0n) is 8.92. The van der Waals surface area contributed by atoms with Gasteiger partial charge in [-0.1, -0.05) is 18.2 Å². The monoisotopic (exact) mass is 208 g/mol. The number of phenols is 2. The highest BCUT2D eigenvalue weighted by Gasteiger charge is 1.85. The van der Waals surface area contributed by atoms with Crippen LogP contribution in [0.1, 0.15) is 13.8 Å². The van der Waals surface area contributed by atoms with Gasteiger partial charge in [0.15, 0.2) is 0 Å². The van der Waals surface area contributed by atoms with Crippen LogP contribution in [0.15, 0.2) is 48.9 Å². The van der Waals surface area contributed by atoms with Gasteiger partial charge in [-0.15, -0.1) is 0 Å². The average Bonchev–Trinajstić information content (AvgIpc) is 2.19. The number of ether oxygens (including phenoxy) is 1. The first-order valence-corrected chi connectivity index (χ1v) is 4.56. The first-order chi connectivity index (χ1) is 7.20. The van der Waals surface area contributed by atoms with Crippen molar-refractivity contribution in [1.82, 2.24) is 0 Å². The molecule has 0 bridgehead atoms. The molecule has 0 amide bonds. The Bertz CT molecular complexity index is 289. The highest BCUT2D eigenvalue weighted by molar-refractivity contribution is 5.30. The molecular weight excluding hydrogens is 192 g/mol. The van der Waals surface area contributed by atoms with Crippen molar-refractivity contribution in [2.45, 2.75) is 13.8 Å². The lowest BCUT2D eigenvalue weighted by Gasteiger charge is -1.89. The molecule has 0 radical (unpaired) electrons. The molecule has 3 heteroatoms. The molecule has 0 aliphatic rings. The number of benzene rings is 1. The number of hydrogen-bond donors (Lipinski definition) is 2. The molecule has 1 aromatic carbocycles. The number of hydrogen-bond acceptors (Lipinski definition) is 3. The first kappa shape index (κ1) is 13.1. The average molecular weight is 208 g/mol. The van der Waals surface area contributed by atoms with Crippen molar-refractivity contribution < 1.29 is 14.9 Å².